The molecule has 88 valence electrons. The van der Waals surface area contributed by atoms with Gasteiger partial charge in [0.1, 0.15) is 5.82 Å². The lowest BCUT2D eigenvalue weighted by Crippen LogP contribution is -2.20. The Bertz CT molecular complexity index is 396. The topological polar surface area (TPSA) is 67.0 Å². The maximum atomic E-state index is 11.4. The molecule has 1 aliphatic rings. The van der Waals surface area contributed by atoms with E-state index in [1.807, 2.05) is 7.05 Å². The second kappa shape index (κ2) is 5.23. The Labute approximate surface area is 94.2 Å². The molecule has 2 N–H and O–H groups in total. The highest BCUT2D eigenvalue weighted by atomic mass is 16.5. The van der Waals surface area contributed by atoms with Crippen LogP contribution in [-0.2, 0) is 17.7 Å². The van der Waals surface area contributed by atoms with Gasteiger partial charge < -0.3 is 15.0 Å². The van der Waals surface area contributed by atoms with Gasteiger partial charge in [0.15, 0.2) is 0 Å². The first-order valence-electron chi connectivity index (χ1n) is 5.63. The third kappa shape index (κ3) is 2.90. The van der Waals surface area contributed by atoms with E-state index in [0.29, 0.717) is 13.0 Å². The van der Waals surface area contributed by atoms with E-state index < -0.39 is 0 Å². The minimum absolute atomic E-state index is 0.0896. The number of ether oxygens (including phenoxy) is 1. The Morgan fingerprint density at radius 2 is 2.56 bits per heavy atom. The lowest BCUT2D eigenvalue weighted by molar-refractivity contribution is 0.109. The van der Waals surface area contributed by atoms with Gasteiger partial charge in [-0.05, 0) is 19.9 Å². The third-order valence-electron chi connectivity index (χ3n) is 2.65. The molecule has 16 heavy (non-hydrogen) atoms. The van der Waals surface area contributed by atoms with Crippen molar-refractivity contribution >= 4 is 0 Å². The molecule has 1 aromatic rings. The predicted molar refractivity (Wildman–Crippen MR) is 60.3 cm³/mol. The summed E-state index contributed by atoms with van der Waals surface area (Å²) in [6.45, 7) is 1.44. The second-order valence-electron chi connectivity index (χ2n) is 4.05. The number of aromatic amines is 1. The standard InChI is InChI=1S/C11H17N3O2/c1-12-7-8-5-11(15)14-10(13-8)6-9-3-2-4-16-9/h5,9,12H,2-4,6-7H2,1H3,(H,13,14,15). The van der Waals surface area contributed by atoms with E-state index in [4.69, 9.17) is 4.74 Å². The van der Waals surface area contributed by atoms with Crippen LogP contribution in [0.2, 0.25) is 0 Å². The molecular weight excluding hydrogens is 206 g/mol. The molecule has 0 bridgehead atoms. The van der Waals surface area contributed by atoms with E-state index in [0.717, 1.165) is 31.0 Å². The summed E-state index contributed by atoms with van der Waals surface area (Å²) in [6, 6.07) is 1.52. The van der Waals surface area contributed by atoms with E-state index in [9.17, 15) is 4.79 Å². The van der Waals surface area contributed by atoms with E-state index in [-0.39, 0.29) is 11.7 Å². The van der Waals surface area contributed by atoms with E-state index in [1.54, 1.807) is 0 Å². The molecule has 5 heteroatoms. The van der Waals surface area contributed by atoms with Crippen LogP contribution in [0.3, 0.4) is 0 Å². The Kier molecular flexibility index (Phi) is 3.69. The molecule has 0 saturated carbocycles. The normalized spacial score (nSPS) is 20.2. The molecule has 5 nitrogen and oxygen atoms in total. The molecule has 1 fully saturated rings. The zero-order valence-corrected chi connectivity index (χ0v) is 9.45. The second-order valence-corrected chi connectivity index (χ2v) is 4.05. The molecule has 0 radical (unpaired) electrons. The number of rotatable bonds is 4. The Morgan fingerprint density at radius 1 is 1.69 bits per heavy atom. The highest BCUT2D eigenvalue weighted by Crippen LogP contribution is 2.14. The molecule has 1 aliphatic heterocycles. The Balaban J connectivity index is 2.10. The summed E-state index contributed by atoms with van der Waals surface area (Å²) in [5.74, 6) is 0.727. The maximum absolute atomic E-state index is 11.4. The van der Waals surface area contributed by atoms with Crippen molar-refractivity contribution in [2.45, 2.75) is 31.9 Å². The van der Waals surface area contributed by atoms with E-state index >= 15 is 0 Å². The highest BCUT2D eigenvalue weighted by Gasteiger charge is 2.17. The van der Waals surface area contributed by atoms with Crippen LogP contribution in [-0.4, -0.2) is 29.7 Å². The van der Waals surface area contributed by atoms with E-state index in [1.165, 1.54) is 6.07 Å². The molecule has 1 unspecified atom stereocenters. The van der Waals surface area contributed by atoms with Gasteiger partial charge in [-0.3, -0.25) is 4.79 Å². The molecule has 2 rings (SSSR count). The number of nitrogens with one attached hydrogen (secondary N) is 2. The largest absolute Gasteiger partial charge is 0.378 e. The fraction of sp³-hybridized carbons (Fsp3) is 0.636. The molecule has 1 saturated heterocycles. The van der Waals surface area contributed by atoms with Gasteiger partial charge in [0.2, 0.25) is 0 Å². The summed E-state index contributed by atoms with van der Waals surface area (Å²) >= 11 is 0. The smallest absolute Gasteiger partial charge is 0.251 e. The van der Waals surface area contributed by atoms with Gasteiger partial charge in [0, 0.05) is 25.6 Å². The first-order chi connectivity index (χ1) is 7.78. The SMILES string of the molecule is CNCc1cc(=O)[nH]c(CC2CCCO2)n1. The van der Waals surface area contributed by atoms with Gasteiger partial charge >= 0.3 is 0 Å². The molecule has 1 aromatic heterocycles. The van der Waals surface area contributed by atoms with Crippen LogP contribution in [0.1, 0.15) is 24.4 Å². The molecular formula is C11H17N3O2. The number of hydrogen-bond donors (Lipinski definition) is 2. The molecule has 2 heterocycles. The number of hydrogen-bond acceptors (Lipinski definition) is 4. The van der Waals surface area contributed by atoms with Crippen molar-refractivity contribution in [3.63, 3.8) is 0 Å². The van der Waals surface area contributed by atoms with Crippen molar-refractivity contribution in [1.29, 1.82) is 0 Å². The number of H-pyrrole nitrogens is 1. The molecule has 0 aliphatic carbocycles. The molecule has 0 aromatic carbocycles. The van der Waals surface area contributed by atoms with E-state index in [2.05, 4.69) is 15.3 Å². The minimum Gasteiger partial charge on any atom is -0.378 e. The Morgan fingerprint density at radius 3 is 3.25 bits per heavy atom. The number of aromatic nitrogens is 2. The monoisotopic (exact) mass is 223 g/mol. The van der Waals surface area contributed by atoms with Crippen LogP contribution < -0.4 is 10.9 Å². The lowest BCUT2D eigenvalue weighted by Gasteiger charge is -2.09. The van der Waals surface area contributed by atoms with Gasteiger partial charge in [-0.15, -0.1) is 0 Å². The maximum Gasteiger partial charge on any atom is 0.251 e. The van der Waals surface area contributed by atoms with Crippen molar-refractivity contribution in [1.82, 2.24) is 15.3 Å². The average Bonchev–Trinajstić information content (AvgIpc) is 2.70. The van der Waals surface area contributed by atoms with Gasteiger partial charge in [-0.25, -0.2) is 4.98 Å². The lowest BCUT2D eigenvalue weighted by atomic mass is 10.2. The van der Waals surface area contributed by atoms with Crippen LogP contribution in [0.25, 0.3) is 0 Å². The van der Waals surface area contributed by atoms with Crippen molar-refractivity contribution in [2.75, 3.05) is 13.7 Å². The van der Waals surface area contributed by atoms with Crippen molar-refractivity contribution in [2.24, 2.45) is 0 Å². The quantitative estimate of drug-likeness (QED) is 0.765. The Hall–Kier alpha value is -1.20. The summed E-state index contributed by atoms with van der Waals surface area (Å²) in [4.78, 5) is 18.5. The zero-order valence-electron chi connectivity index (χ0n) is 9.45. The summed E-state index contributed by atoms with van der Waals surface area (Å²) < 4.78 is 5.52. The molecule has 0 amide bonds. The van der Waals surface area contributed by atoms with Crippen molar-refractivity contribution in [3.05, 3.63) is 27.9 Å². The summed E-state index contributed by atoms with van der Waals surface area (Å²) in [6.07, 6.45) is 3.07. The van der Waals surface area contributed by atoms with Crippen LogP contribution >= 0.6 is 0 Å². The van der Waals surface area contributed by atoms with Gasteiger partial charge in [0.05, 0.1) is 11.8 Å². The van der Waals surface area contributed by atoms with Crippen LogP contribution in [0.5, 0.6) is 0 Å². The zero-order chi connectivity index (χ0) is 11.4. The summed E-state index contributed by atoms with van der Waals surface area (Å²) in [5.41, 5.74) is 0.687. The number of nitrogens with zero attached hydrogens (tertiary/aromatic N) is 1. The predicted octanol–water partition coefficient (Wildman–Crippen LogP) is 0.211. The summed E-state index contributed by atoms with van der Waals surface area (Å²) in [5, 5.41) is 2.99. The molecule has 1 atom stereocenters. The van der Waals surface area contributed by atoms with Gasteiger partial charge in [0.25, 0.3) is 5.56 Å². The first-order valence-corrected chi connectivity index (χ1v) is 5.63. The first kappa shape index (κ1) is 11.3. The fourth-order valence-electron chi connectivity index (χ4n) is 1.95. The third-order valence-corrected chi connectivity index (χ3v) is 2.65. The minimum atomic E-state index is -0.0896. The van der Waals surface area contributed by atoms with Crippen molar-refractivity contribution in [3.8, 4) is 0 Å². The van der Waals surface area contributed by atoms with Crippen LogP contribution in [0.4, 0.5) is 0 Å². The average molecular weight is 223 g/mol. The summed E-state index contributed by atoms with van der Waals surface area (Å²) in [7, 11) is 1.84. The van der Waals surface area contributed by atoms with Crippen molar-refractivity contribution < 1.29 is 4.74 Å². The van der Waals surface area contributed by atoms with Crippen LogP contribution in [0, 0.1) is 0 Å². The van der Waals surface area contributed by atoms with Gasteiger partial charge in [-0.1, -0.05) is 0 Å². The molecule has 0 spiro atoms. The van der Waals surface area contributed by atoms with Crippen LogP contribution in [0.15, 0.2) is 10.9 Å². The highest BCUT2D eigenvalue weighted by molar-refractivity contribution is 5.03. The fourth-order valence-corrected chi connectivity index (χ4v) is 1.95. The van der Waals surface area contributed by atoms with Gasteiger partial charge in [-0.2, -0.15) is 0 Å².